The lowest BCUT2D eigenvalue weighted by Crippen LogP contribution is -1.91. The fourth-order valence-electron chi connectivity index (χ4n) is 1.48. The highest BCUT2D eigenvalue weighted by molar-refractivity contribution is 7.98. The van der Waals surface area contributed by atoms with Crippen LogP contribution < -0.4 is 5.73 Å². The van der Waals surface area contributed by atoms with E-state index in [4.69, 9.17) is 5.73 Å². The molecule has 94 valence electrons. The average Bonchev–Trinajstić information content (AvgIpc) is 2.29. The summed E-state index contributed by atoms with van der Waals surface area (Å²) in [5.74, 6) is -1.21. The Morgan fingerprint density at radius 1 is 0.944 bits per heavy atom. The number of halogens is 3. The fourth-order valence-corrected chi connectivity index (χ4v) is 2.44. The summed E-state index contributed by atoms with van der Waals surface area (Å²) in [5.41, 5.74) is 6.04. The van der Waals surface area contributed by atoms with Crippen LogP contribution >= 0.6 is 11.8 Å². The van der Waals surface area contributed by atoms with Crippen LogP contribution in [-0.2, 0) is 5.75 Å². The van der Waals surface area contributed by atoms with Crippen LogP contribution in [0.4, 0.5) is 18.9 Å². The third-order valence-electron chi connectivity index (χ3n) is 2.30. The van der Waals surface area contributed by atoms with Crippen molar-refractivity contribution < 1.29 is 13.2 Å². The van der Waals surface area contributed by atoms with E-state index in [-0.39, 0.29) is 11.3 Å². The molecule has 1 nitrogen and oxygen atoms in total. The number of hydrogen-bond acceptors (Lipinski definition) is 2. The Kier molecular flexibility index (Phi) is 3.81. The van der Waals surface area contributed by atoms with Crippen LogP contribution in [0.3, 0.4) is 0 Å². The Morgan fingerprint density at radius 3 is 2.44 bits per heavy atom. The lowest BCUT2D eigenvalue weighted by atomic mass is 10.2. The first-order chi connectivity index (χ1) is 8.54. The second-order valence-electron chi connectivity index (χ2n) is 3.74. The molecule has 0 aliphatic carbocycles. The molecule has 0 radical (unpaired) electrons. The summed E-state index contributed by atoms with van der Waals surface area (Å²) < 4.78 is 39.4. The summed E-state index contributed by atoms with van der Waals surface area (Å²) in [7, 11) is 0. The van der Waals surface area contributed by atoms with Crippen LogP contribution in [0.5, 0.6) is 0 Å². The highest BCUT2D eigenvalue weighted by atomic mass is 32.2. The molecular weight excluding hydrogens is 259 g/mol. The minimum atomic E-state index is -0.495. The van der Waals surface area contributed by atoms with Crippen molar-refractivity contribution in [2.24, 2.45) is 0 Å². The van der Waals surface area contributed by atoms with Crippen molar-refractivity contribution in [1.29, 1.82) is 0 Å². The number of rotatable bonds is 3. The number of thioether (sulfide) groups is 1. The molecule has 0 aliphatic heterocycles. The molecular formula is C13H10F3NS. The summed E-state index contributed by atoms with van der Waals surface area (Å²) in [6, 6.07) is 7.36. The van der Waals surface area contributed by atoms with Crippen molar-refractivity contribution in [2.45, 2.75) is 10.6 Å². The molecule has 2 N–H and O–H groups in total. The second-order valence-corrected chi connectivity index (χ2v) is 4.79. The van der Waals surface area contributed by atoms with Gasteiger partial charge in [-0.15, -0.1) is 11.8 Å². The summed E-state index contributed by atoms with van der Waals surface area (Å²) in [6.07, 6.45) is 0. The van der Waals surface area contributed by atoms with Crippen LogP contribution in [0.25, 0.3) is 0 Å². The van der Waals surface area contributed by atoms with Gasteiger partial charge in [0.25, 0.3) is 0 Å². The smallest absolute Gasteiger partial charge is 0.127 e. The van der Waals surface area contributed by atoms with E-state index in [9.17, 15) is 13.2 Å². The third kappa shape index (κ3) is 3.20. The van der Waals surface area contributed by atoms with E-state index in [0.717, 1.165) is 18.2 Å². The van der Waals surface area contributed by atoms with Crippen molar-refractivity contribution in [3.05, 3.63) is 59.4 Å². The molecule has 0 heterocycles. The molecule has 0 bridgehead atoms. The van der Waals surface area contributed by atoms with Gasteiger partial charge in [-0.3, -0.25) is 0 Å². The Hall–Kier alpha value is -1.62. The fraction of sp³-hybridized carbons (Fsp3) is 0.0769. The van der Waals surface area contributed by atoms with Crippen molar-refractivity contribution >= 4 is 17.4 Å². The molecule has 18 heavy (non-hydrogen) atoms. The molecule has 2 aromatic carbocycles. The first-order valence-electron chi connectivity index (χ1n) is 5.17. The Morgan fingerprint density at radius 2 is 1.72 bits per heavy atom. The minimum absolute atomic E-state index is 0.215. The maximum Gasteiger partial charge on any atom is 0.127 e. The van der Waals surface area contributed by atoms with E-state index in [1.54, 1.807) is 6.07 Å². The molecule has 0 spiro atoms. The van der Waals surface area contributed by atoms with Gasteiger partial charge in [0.2, 0.25) is 0 Å². The summed E-state index contributed by atoms with van der Waals surface area (Å²) in [4.78, 5) is 0.580. The van der Waals surface area contributed by atoms with E-state index in [1.165, 1.54) is 23.9 Å². The van der Waals surface area contributed by atoms with Gasteiger partial charge in [-0.25, -0.2) is 13.2 Å². The average molecular weight is 269 g/mol. The van der Waals surface area contributed by atoms with Gasteiger partial charge in [0, 0.05) is 21.9 Å². The molecule has 0 aromatic heterocycles. The van der Waals surface area contributed by atoms with E-state index < -0.39 is 17.5 Å². The molecule has 0 saturated carbocycles. The largest absolute Gasteiger partial charge is 0.399 e. The zero-order valence-corrected chi connectivity index (χ0v) is 10.1. The van der Waals surface area contributed by atoms with Crippen molar-refractivity contribution in [3.8, 4) is 0 Å². The number of nitrogens with two attached hydrogens (primary N) is 1. The molecule has 0 unspecified atom stereocenters. The van der Waals surface area contributed by atoms with Gasteiger partial charge < -0.3 is 5.73 Å². The molecule has 2 aromatic rings. The summed E-state index contributed by atoms with van der Waals surface area (Å²) in [5, 5.41) is 0. The van der Waals surface area contributed by atoms with Crippen molar-refractivity contribution in [2.75, 3.05) is 5.73 Å². The number of anilines is 1. The van der Waals surface area contributed by atoms with Gasteiger partial charge in [0.15, 0.2) is 0 Å². The van der Waals surface area contributed by atoms with Crippen molar-refractivity contribution in [3.63, 3.8) is 0 Å². The van der Waals surface area contributed by atoms with Crippen LogP contribution in [-0.4, -0.2) is 0 Å². The van der Waals surface area contributed by atoms with Gasteiger partial charge in [-0.2, -0.15) is 0 Å². The Bertz CT molecular complexity index is 552. The van der Waals surface area contributed by atoms with Crippen molar-refractivity contribution in [1.82, 2.24) is 0 Å². The topological polar surface area (TPSA) is 26.0 Å². The number of benzene rings is 2. The normalized spacial score (nSPS) is 10.6. The Labute approximate surface area is 107 Å². The van der Waals surface area contributed by atoms with E-state index in [0.29, 0.717) is 10.6 Å². The van der Waals surface area contributed by atoms with Crippen LogP contribution in [0.15, 0.2) is 41.3 Å². The predicted octanol–water partition coefficient (Wildman–Crippen LogP) is 3.98. The standard InChI is InChI=1S/C13H10F3NS/c14-9-1-2-13(16)8(3-9)7-18-12-5-10(15)4-11(17)6-12/h1-6H,7,17H2. The third-order valence-corrected chi connectivity index (χ3v) is 3.32. The molecule has 0 amide bonds. The van der Waals surface area contributed by atoms with Gasteiger partial charge in [0.1, 0.15) is 17.5 Å². The first-order valence-corrected chi connectivity index (χ1v) is 6.16. The molecule has 2 rings (SSSR count). The first kappa shape index (κ1) is 12.8. The summed E-state index contributed by atoms with van der Waals surface area (Å²) >= 11 is 1.20. The van der Waals surface area contributed by atoms with E-state index in [1.807, 2.05) is 0 Å². The zero-order valence-electron chi connectivity index (χ0n) is 9.29. The highest BCUT2D eigenvalue weighted by Crippen LogP contribution is 2.26. The quantitative estimate of drug-likeness (QED) is 0.673. The lowest BCUT2D eigenvalue weighted by Gasteiger charge is -2.05. The number of hydrogen-bond donors (Lipinski definition) is 1. The van der Waals surface area contributed by atoms with E-state index in [2.05, 4.69) is 0 Å². The lowest BCUT2D eigenvalue weighted by molar-refractivity contribution is 0.591. The Balaban J connectivity index is 2.13. The zero-order chi connectivity index (χ0) is 13.1. The molecule has 0 fully saturated rings. The van der Waals surface area contributed by atoms with Gasteiger partial charge in [0.05, 0.1) is 0 Å². The second kappa shape index (κ2) is 5.35. The van der Waals surface area contributed by atoms with Crippen LogP contribution in [0, 0.1) is 17.5 Å². The van der Waals surface area contributed by atoms with Gasteiger partial charge in [-0.1, -0.05) is 0 Å². The summed E-state index contributed by atoms with van der Waals surface area (Å²) in [6.45, 7) is 0. The molecule has 0 saturated heterocycles. The minimum Gasteiger partial charge on any atom is -0.399 e. The SMILES string of the molecule is Nc1cc(F)cc(SCc2cc(F)ccc2F)c1. The molecule has 0 atom stereocenters. The van der Waals surface area contributed by atoms with Gasteiger partial charge in [-0.05, 0) is 36.4 Å². The maximum absolute atomic E-state index is 13.4. The maximum atomic E-state index is 13.4. The van der Waals surface area contributed by atoms with E-state index >= 15 is 0 Å². The van der Waals surface area contributed by atoms with Gasteiger partial charge >= 0.3 is 0 Å². The predicted molar refractivity (Wildman–Crippen MR) is 66.7 cm³/mol. The molecule has 0 aliphatic rings. The molecule has 5 heteroatoms. The highest BCUT2D eigenvalue weighted by Gasteiger charge is 2.06. The number of nitrogen functional groups attached to an aromatic ring is 1. The van der Waals surface area contributed by atoms with Crippen LogP contribution in [0.2, 0.25) is 0 Å². The monoisotopic (exact) mass is 269 g/mol. The van der Waals surface area contributed by atoms with Crippen LogP contribution in [0.1, 0.15) is 5.56 Å².